The first-order valence-electron chi connectivity index (χ1n) is 6.05. The third-order valence-corrected chi connectivity index (χ3v) is 3.83. The van der Waals surface area contributed by atoms with Crippen molar-refractivity contribution in [1.82, 2.24) is 9.78 Å². The van der Waals surface area contributed by atoms with Crippen LogP contribution in [-0.4, -0.2) is 23.0 Å². The summed E-state index contributed by atoms with van der Waals surface area (Å²) in [5.41, 5.74) is 7.65. The monoisotopic (exact) mass is 323 g/mol. The number of aryl methyl sites for hydroxylation is 1. The molecule has 1 aromatic heterocycles. The highest BCUT2D eigenvalue weighted by Crippen LogP contribution is 2.37. The minimum absolute atomic E-state index is 0.599. The molecule has 0 fully saturated rings. The maximum atomic E-state index is 5.90. The standard InChI is InChI=1S/C13H14BrN3O2/c1-17-13(15)11(14)12(16-17)8-3-4-9-10(7-8)19-6-2-5-18-9/h3-4,7H,2,5-6,15H2,1H3. The average Bonchev–Trinajstić information content (AvgIpc) is 2.63. The molecule has 0 radical (unpaired) electrons. The Bertz CT molecular complexity index is 625. The third kappa shape index (κ3) is 2.16. The molecule has 5 nitrogen and oxygen atoms in total. The van der Waals surface area contributed by atoms with Crippen molar-refractivity contribution in [3.05, 3.63) is 22.7 Å². The molecule has 2 heterocycles. The summed E-state index contributed by atoms with van der Waals surface area (Å²) >= 11 is 3.47. The number of nitrogen functional groups attached to an aromatic ring is 1. The lowest BCUT2D eigenvalue weighted by Crippen LogP contribution is -1.97. The summed E-state index contributed by atoms with van der Waals surface area (Å²) in [5.74, 6) is 2.13. The first kappa shape index (κ1) is 12.3. The molecule has 2 aromatic rings. The lowest BCUT2D eigenvalue weighted by atomic mass is 10.1. The number of nitrogens with two attached hydrogens (primary N) is 1. The van der Waals surface area contributed by atoms with E-state index in [0.717, 1.165) is 33.6 Å². The van der Waals surface area contributed by atoms with E-state index in [2.05, 4.69) is 21.0 Å². The number of halogens is 1. The molecule has 1 aliphatic rings. The van der Waals surface area contributed by atoms with E-state index in [1.807, 2.05) is 25.2 Å². The Labute approximate surface area is 119 Å². The van der Waals surface area contributed by atoms with Gasteiger partial charge in [-0.25, -0.2) is 0 Å². The second kappa shape index (κ2) is 4.77. The van der Waals surface area contributed by atoms with Crippen LogP contribution in [0, 0.1) is 0 Å². The van der Waals surface area contributed by atoms with Gasteiger partial charge in [-0.1, -0.05) is 0 Å². The summed E-state index contributed by atoms with van der Waals surface area (Å²) < 4.78 is 13.7. The number of benzene rings is 1. The molecule has 0 saturated heterocycles. The summed E-state index contributed by atoms with van der Waals surface area (Å²) in [6, 6.07) is 5.81. The molecule has 2 N–H and O–H groups in total. The van der Waals surface area contributed by atoms with E-state index in [1.165, 1.54) is 0 Å². The van der Waals surface area contributed by atoms with Crippen LogP contribution in [0.4, 0.5) is 5.82 Å². The normalized spacial score (nSPS) is 14.2. The molecular weight excluding hydrogens is 310 g/mol. The van der Waals surface area contributed by atoms with Gasteiger partial charge in [0.15, 0.2) is 11.5 Å². The van der Waals surface area contributed by atoms with Crippen LogP contribution in [0.2, 0.25) is 0 Å². The van der Waals surface area contributed by atoms with Crippen molar-refractivity contribution in [2.24, 2.45) is 7.05 Å². The van der Waals surface area contributed by atoms with Crippen LogP contribution in [0.25, 0.3) is 11.3 Å². The zero-order chi connectivity index (χ0) is 13.4. The fourth-order valence-corrected chi connectivity index (χ4v) is 2.57. The fraction of sp³-hybridized carbons (Fsp3) is 0.308. The van der Waals surface area contributed by atoms with Crippen LogP contribution in [0.3, 0.4) is 0 Å². The molecule has 0 amide bonds. The van der Waals surface area contributed by atoms with Crippen LogP contribution in [0.15, 0.2) is 22.7 Å². The fourth-order valence-electron chi connectivity index (χ4n) is 2.01. The van der Waals surface area contributed by atoms with E-state index < -0.39 is 0 Å². The minimum Gasteiger partial charge on any atom is -0.490 e. The van der Waals surface area contributed by atoms with Gasteiger partial charge in [-0.05, 0) is 34.1 Å². The van der Waals surface area contributed by atoms with Gasteiger partial charge in [-0.15, -0.1) is 0 Å². The number of fused-ring (bicyclic) bond motifs is 1. The van der Waals surface area contributed by atoms with E-state index in [0.29, 0.717) is 19.0 Å². The van der Waals surface area contributed by atoms with Gasteiger partial charge in [0.2, 0.25) is 0 Å². The smallest absolute Gasteiger partial charge is 0.161 e. The highest BCUT2D eigenvalue weighted by Gasteiger charge is 2.16. The van der Waals surface area contributed by atoms with Crippen molar-refractivity contribution in [2.75, 3.05) is 18.9 Å². The molecular formula is C13H14BrN3O2. The molecule has 6 heteroatoms. The van der Waals surface area contributed by atoms with Crippen LogP contribution in [0.1, 0.15) is 6.42 Å². The topological polar surface area (TPSA) is 62.3 Å². The summed E-state index contributed by atoms with van der Waals surface area (Å²) in [6.45, 7) is 1.36. The first-order chi connectivity index (χ1) is 9.16. The lowest BCUT2D eigenvalue weighted by Gasteiger charge is -2.08. The van der Waals surface area contributed by atoms with Crippen LogP contribution in [-0.2, 0) is 7.05 Å². The van der Waals surface area contributed by atoms with E-state index in [4.69, 9.17) is 15.2 Å². The summed E-state index contributed by atoms with van der Waals surface area (Å²) in [7, 11) is 1.81. The molecule has 0 unspecified atom stereocenters. The van der Waals surface area contributed by atoms with E-state index in [-0.39, 0.29) is 0 Å². The van der Waals surface area contributed by atoms with E-state index in [9.17, 15) is 0 Å². The van der Waals surface area contributed by atoms with Gasteiger partial charge in [0.05, 0.1) is 17.7 Å². The molecule has 3 rings (SSSR count). The molecule has 0 aliphatic carbocycles. The predicted octanol–water partition coefficient (Wildman–Crippen LogP) is 2.59. The van der Waals surface area contributed by atoms with Crippen LogP contribution >= 0.6 is 15.9 Å². The number of hydrogen-bond acceptors (Lipinski definition) is 4. The molecule has 1 aliphatic heterocycles. The maximum Gasteiger partial charge on any atom is 0.161 e. The van der Waals surface area contributed by atoms with Crippen molar-refractivity contribution in [2.45, 2.75) is 6.42 Å². The third-order valence-electron chi connectivity index (χ3n) is 3.05. The first-order valence-corrected chi connectivity index (χ1v) is 6.84. The minimum atomic E-state index is 0.599. The number of hydrogen-bond donors (Lipinski definition) is 1. The van der Waals surface area contributed by atoms with E-state index in [1.54, 1.807) is 4.68 Å². The zero-order valence-corrected chi connectivity index (χ0v) is 12.1. The van der Waals surface area contributed by atoms with E-state index >= 15 is 0 Å². The molecule has 0 atom stereocenters. The molecule has 19 heavy (non-hydrogen) atoms. The van der Waals surface area contributed by atoms with Crippen molar-refractivity contribution in [3.63, 3.8) is 0 Å². The van der Waals surface area contributed by atoms with Crippen molar-refractivity contribution >= 4 is 21.7 Å². The van der Waals surface area contributed by atoms with Crippen molar-refractivity contribution in [1.29, 1.82) is 0 Å². The Morgan fingerprint density at radius 1 is 1.26 bits per heavy atom. The second-order valence-electron chi connectivity index (χ2n) is 4.38. The summed E-state index contributed by atoms with van der Waals surface area (Å²) in [5, 5.41) is 4.40. The number of anilines is 1. The van der Waals surface area contributed by atoms with Gasteiger partial charge < -0.3 is 15.2 Å². The maximum absolute atomic E-state index is 5.90. The van der Waals surface area contributed by atoms with Crippen LogP contribution in [0.5, 0.6) is 11.5 Å². The van der Waals surface area contributed by atoms with Gasteiger partial charge in [0, 0.05) is 19.0 Å². The molecule has 0 spiro atoms. The molecule has 0 bridgehead atoms. The number of ether oxygens (including phenoxy) is 2. The Morgan fingerprint density at radius 3 is 2.68 bits per heavy atom. The lowest BCUT2D eigenvalue weighted by molar-refractivity contribution is 0.297. The summed E-state index contributed by atoms with van der Waals surface area (Å²) in [4.78, 5) is 0. The Morgan fingerprint density at radius 2 is 2.00 bits per heavy atom. The van der Waals surface area contributed by atoms with Gasteiger partial charge in [-0.2, -0.15) is 5.10 Å². The van der Waals surface area contributed by atoms with Crippen molar-refractivity contribution < 1.29 is 9.47 Å². The number of rotatable bonds is 1. The SMILES string of the molecule is Cn1nc(-c2ccc3c(c2)OCCCO3)c(Br)c1N. The van der Waals surface area contributed by atoms with Gasteiger partial charge in [0.1, 0.15) is 11.5 Å². The highest BCUT2D eigenvalue weighted by atomic mass is 79.9. The molecule has 0 saturated carbocycles. The highest BCUT2D eigenvalue weighted by molar-refractivity contribution is 9.10. The van der Waals surface area contributed by atoms with Crippen LogP contribution < -0.4 is 15.2 Å². The zero-order valence-electron chi connectivity index (χ0n) is 10.5. The number of nitrogens with zero attached hydrogens (tertiary/aromatic N) is 2. The Hall–Kier alpha value is -1.69. The number of aromatic nitrogens is 2. The van der Waals surface area contributed by atoms with Crippen molar-refractivity contribution in [3.8, 4) is 22.8 Å². The summed E-state index contributed by atoms with van der Waals surface area (Å²) in [6.07, 6.45) is 0.893. The van der Waals surface area contributed by atoms with Gasteiger partial charge in [0.25, 0.3) is 0 Å². The Balaban J connectivity index is 2.06. The predicted molar refractivity (Wildman–Crippen MR) is 76.4 cm³/mol. The Kier molecular flexibility index (Phi) is 3.10. The molecule has 1 aromatic carbocycles. The quantitative estimate of drug-likeness (QED) is 0.876. The second-order valence-corrected chi connectivity index (χ2v) is 5.18. The average molecular weight is 324 g/mol. The largest absolute Gasteiger partial charge is 0.490 e. The molecule has 100 valence electrons. The van der Waals surface area contributed by atoms with Gasteiger partial charge in [-0.3, -0.25) is 4.68 Å². The van der Waals surface area contributed by atoms with Gasteiger partial charge >= 0.3 is 0 Å².